The normalized spacial score (nSPS) is 15.4. The number of ether oxygens (including phenoxy) is 1. The lowest BCUT2D eigenvalue weighted by atomic mass is 10.1. The lowest BCUT2D eigenvalue weighted by Gasteiger charge is -2.08. The molecule has 0 unspecified atom stereocenters. The number of hydrogen-bond acceptors (Lipinski definition) is 4. The van der Waals surface area contributed by atoms with Gasteiger partial charge in [-0.2, -0.15) is 0 Å². The van der Waals surface area contributed by atoms with Crippen molar-refractivity contribution in [3.05, 3.63) is 53.2 Å². The fourth-order valence-corrected chi connectivity index (χ4v) is 3.24. The van der Waals surface area contributed by atoms with Crippen LogP contribution in [-0.2, 0) is 11.2 Å². The Balaban J connectivity index is 1.60. The molecule has 1 aliphatic carbocycles. The second-order valence-corrected chi connectivity index (χ2v) is 6.55. The molecule has 2 aromatic heterocycles. The second kappa shape index (κ2) is 6.37. The number of nitrogens with two attached hydrogens (primary N) is 1. The van der Waals surface area contributed by atoms with Crippen molar-refractivity contribution >= 4 is 16.9 Å². The zero-order valence-corrected chi connectivity index (χ0v) is 14.2. The Morgan fingerprint density at radius 2 is 2.20 bits per heavy atom. The number of H-pyrrole nitrogens is 2. The molecule has 1 aliphatic rings. The number of esters is 1. The summed E-state index contributed by atoms with van der Waals surface area (Å²) in [7, 11) is 0. The van der Waals surface area contributed by atoms with E-state index < -0.39 is 0 Å². The maximum absolute atomic E-state index is 12.2. The highest BCUT2D eigenvalue weighted by atomic mass is 16.5. The van der Waals surface area contributed by atoms with E-state index in [1.165, 1.54) is 0 Å². The van der Waals surface area contributed by atoms with Crippen LogP contribution in [0.2, 0.25) is 0 Å². The Morgan fingerprint density at radius 3 is 2.96 bits per heavy atom. The first-order chi connectivity index (χ1) is 12.2. The standard InChI is InChI=1S/C19H22N4O2/c1-2-25-19(24)17-16(11-7-8-11)22-18(23-17)14(20)9-12-10-21-15-6-4-3-5-13(12)15/h3-6,10-11,14,21H,2,7-9,20H2,1H3,(H,22,23)/t14-/m1/s1. The molecule has 0 saturated heterocycles. The van der Waals surface area contributed by atoms with Crippen molar-refractivity contribution in [1.82, 2.24) is 15.0 Å². The summed E-state index contributed by atoms with van der Waals surface area (Å²) < 4.78 is 5.14. The lowest BCUT2D eigenvalue weighted by Crippen LogP contribution is -2.15. The van der Waals surface area contributed by atoms with Crippen LogP contribution < -0.4 is 5.73 Å². The van der Waals surface area contributed by atoms with E-state index in [1.54, 1.807) is 6.92 Å². The number of aromatic amines is 2. The van der Waals surface area contributed by atoms with Crippen LogP contribution in [0, 0.1) is 0 Å². The van der Waals surface area contributed by atoms with Crippen LogP contribution in [0.25, 0.3) is 10.9 Å². The van der Waals surface area contributed by atoms with Crippen LogP contribution >= 0.6 is 0 Å². The van der Waals surface area contributed by atoms with Gasteiger partial charge >= 0.3 is 5.97 Å². The molecule has 25 heavy (non-hydrogen) atoms. The molecule has 4 rings (SSSR count). The van der Waals surface area contributed by atoms with Crippen molar-refractivity contribution in [2.24, 2.45) is 5.73 Å². The number of benzene rings is 1. The van der Waals surface area contributed by atoms with E-state index in [4.69, 9.17) is 10.5 Å². The van der Waals surface area contributed by atoms with E-state index in [2.05, 4.69) is 21.0 Å². The van der Waals surface area contributed by atoms with E-state index in [0.29, 0.717) is 30.5 Å². The van der Waals surface area contributed by atoms with Gasteiger partial charge in [0.15, 0.2) is 5.69 Å². The minimum atomic E-state index is -0.369. The maximum atomic E-state index is 12.2. The fraction of sp³-hybridized carbons (Fsp3) is 0.368. The van der Waals surface area contributed by atoms with Gasteiger partial charge in [0.2, 0.25) is 0 Å². The highest BCUT2D eigenvalue weighted by molar-refractivity contribution is 5.89. The van der Waals surface area contributed by atoms with E-state index in [0.717, 1.165) is 35.0 Å². The average molecular weight is 338 g/mol. The Labute approximate surface area is 145 Å². The second-order valence-electron chi connectivity index (χ2n) is 6.55. The molecule has 2 heterocycles. The minimum Gasteiger partial charge on any atom is -0.461 e. The summed E-state index contributed by atoms with van der Waals surface area (Å²) in [4.78, 5) is 23.2. The van der Waals surface area contributed by atoms with Gasteiger partial charge in [0.25, 0.3) is 0 Å². The molecular weight excluding hydrogens is 316 g/mol. The predicted octanol–water partition coefficient (Wildman–Crippen LogP) is 3.19. The molecule has 1 aromatic carbocycles. The predicted molar refractivity (Wildman–Crippen MR) is 95.5 cm³/mol. The summed E-state index contributed by atoms with van der Waals surface area (Å²) in [5.74, 6) is 0.655. The number of para-hydroxylation sites is 1. The van der Waals surface area contributed by atoms with E-state index >= 15 is 0 Å². The van der Waals surface area contributed by atoms with Gasteiger partial charge in [0.1, 0.15) is 5.82 Å². The number of rotatable bonds is 6. The van der Waals surface area contributed by atoms with Crippen molar-refractivity contribution in [2.75, 3.05) is 6.61 Å². The van der Waals surface area contributed by atoms with E-state index in [-0.39, 0.29) is 12.0 Å². The molecule has 4 N–H and O–H groups in total. The largest absolute Gasteiger partial charge is 0.461 e. The number of carbonyl (C=O) groups is 1. The number of hydrogen-bond donors (Lipinski definition) is 3. The van der Waals surface area contributed by atoms with Gasteiger partial charge in [-0.15, -0.1) is 0 Å². The number of nitrogens with one attached hydrogen (secondary N) is 2. The molecule has 0 aliphatic heterocycles. The van der Waals surface area contributed by atoms with E-state index in [1.807, 2.05) is 24.4 Å². The van der Waals surface area contributed by atoms with Gasteiger partial charge in [-0.1, -0.05) is 18.2 Å². The Bertz CT molecular complexity index is 907. The minimum absolute atomic E-state index is 0.306. The first-order valence-electron chi connectivity index (χ1n) is 8.74. The first kappa shape index (κ1) is 15.9. The Kier molecular flexibility index (Phi) is 4.05. The fourth-order valence-electron chi connectivity index (χ4n) is 3.24. The molecular formula is C19H22N4O2. The smallest absolute Gasteiger partial charge is 0.358 e. The van der Waals surface area contributed by atoms with Gasteiger partial charge < -0.3 is 20.4 Å². The zero-order chi connectivity index (χ0) is 17.4. The van der Waals surface area contributed by atoms with Gasteiger partial charge in [0.05, 0.1) is 18.3 Å². The molecule has 0 amide bonds. The third-order valence-corrected chi connectivity index (χ3v) is 4.67. The Hall–Kier alpha value is -2.60. The van der Waals surface area contributed by atoms with Crippen LogP contribution in [-0.4, -0.2) is 27.5 Å². The van der Waals surface area contributed by atoms with Crippen LogP contribution in [0.5, 0.6) is 0 Å². The topological polar surface area (TPSA) is 96.8 Å². The third-order valence-electron chi connectivity index (χ3n) is 4.67. The van der Waals surface area contributed by atoms with Crippen molar-refractivity contribution in [2.45, 2.75) is 38.1 Å². The van der Waals surface area contributed by atoms with Crippen LogP contribution in [0.4, 0.5) is 0 Å². The molecule has 1 saturated carbocycles. The number of fused-ring (bicyclic) bond motifs is 1. The molecule has 6 nitrogen and oxygen atoms in total. The summed E-state index contributed by atoms with van der Waals surface area (Å²) in [5, 5.41) is 1.16. The van der Waals surface area contributed by atoms with Gasteiger partial charge in [-0.05, 0) is 37.8 Å². The summed E-state index contributed by atoms with van der Waals surface area (Å²) in [5.41, 5.74) is 9.91. The molecule has 1 atom stereocenters. The van der Waals surface area contributed by atoms with E-state index in [9.17, 15) is 4.79 Å². The summed E-state index contributed by atoms with van der Waals surface area (Å²) in [6.07, 6.45) is 4.78. The number of nitrogens with zero attached hydrogens (tertiary/aromatic N) is 1. The summed E-state index contributed by atoms with van der Waals surface area (Å²) in [6.45, 7) is 2.14. The molecule has 0 spiro atoms. The van der Waals surface area contributed by atoms with Crippen molar-refractivity contribution in [3.63, 3.8) is 0 Å². The highest BCUT2D eigenvalue weighted by Gasteiger charge is 2.33. The van der Waals surface area contributed by atoms with Gasteiger partial charge in [-0.3, -0.25) is 0 Å². The number of carbonyl (C=O) groups excluding carboxylic acids is 1. The quantitative estimate of drug-likeness (QED) is 0.601. The lowest BCUT2D eigenvalue weighted by molar-refractivity contribution is 0.0518. The Morgan fingerprint density at radius 1 is 1.40 bits per heavy atom. The van der Waals surface area contributed by atoms with Crippen molar-refractivity contribution in [3.8, 4) is 0 Å². The highest BCUT2D eigenvalue weighted by Crippen LogP contribution is 2.41. The molecule has 1 fully saturated rings. The monoisotopic (exact) mass is 338 g/mol. The van der Waals surface area contributed by atoms with Crippen LogP contribution in [0.1, 0.15) is 59.3 Å². The van der Waals surface area contributed by atoms with Crippen LogP contribution in [0.3, 0.4) is 0 Å². The zero-order valence-electron chi connectivity index (χ0n) is 14.2. The third kappa shape index (κ3) is 3.05. The molecule has 0 bridgehead atoms. The molecule has 130 valence electrons. The van der Waals surface area contributed by atoms with Crippen LogP contribution in [0.15, 0.2) is 30.5 Å². The average Bonchev–Trinajstić information content (AvgIpc) is 3.23. The molecule has 6 heteroatoms. The van der Waals surface area contributed by atoms with Gasteiger partial charge in [0, 0.05) is 23.0 Å². The number of imidazole rings is 1. The molecule has 0 radical (unpaired) electrons. The van der Waals surface area contributed by atoms with Gasteiger partial charge in [-0.25, -0.2) is 9.78 Å². The number of aromatic nitrogens is 3. The first-order valence-corrected chi connectivity index (χ1v) is 8.74. The molecule has 3 aromatic rings. The van der Waals surface area contributed by atoms with Crippen molar-refractivity contribution in [1.29, 1.82) is 0 Å². The SMILES string of the molecule is CCOC(=O)c1nc([C@H](N)Cc2c[nH]c3ccccc23)[nH]c1C1CC1. The summed E-state index contributed by atoms with van der Waals surface area (Å²) in [6, 6.07) is 7.83. The maximum Gasteiger partial charge on any atom is 0.358 e. The van der Waals surface area contributed by atoms with Crippen molar-refractivity contribution < 1.29 is 9.53 Å². The summed E-state index contributed by atoms with van der Waals surface area (Å²) >= 11 is 0.